The second-order valence-electron chi connectivity index (χ2n) is 4.11. The molecule has 90 valence electrons. The number of aliphatic hydroxyl groups is 1. The summed E-state index contributed by atoms with van der Waals surface area (Å²) >= 11 is 1.54. The van der Waals surface area contributed by atoms with Crippen molar-refractivity contribution in [3.8, 4) is 0 Å². The number of rotatable bonds is 5. The Morgan fingerprint density at radius 2 is 1.94 bits per heavy atom. The molecule has 0 aromatic heterocycles. The van der Waals surface area contributed by atoms with Gasteiger partial charge in [0.05, 0.1) is 6.10 Å². The van der Waals surface area contributed by atoms with Gasteiger partial charge in [0, 0.05) is 11.3 Å². The molecule has 0 spiro atoms. The Balaban J connectivity index is 2.58. The van der Waals surface area contributed by atoms with Gasteiger partial charge in [0.2, 0.25) is 0 Å². The minimum Gasteiger partial charge on any atom is -0.387 e. The van der Waals surface area contributed by atoms with Gasteiger partial charge < -0.3 is 5.11 Å². The summed E-state index contributed by atoms with van der Waals surface area (Å²) in [6.45, 7) is 4.14. The first-order valence-electron chi connectivity index (χ1n) is 5.21. The van der Waals surface area contributed by atoms with Crippen LogP contribution in [0.25, 0.3) is 0 Å². The highest BCUT2D eigenvalue weighted by atomic mass is 32.2. The molecule has 1 nitrogen and oxygen atoms in total. The van der Waals surface area contributed by atoms with Crippen molar-refractivity contribution >= 4 is 11.8 Å². The van der Waals surface area contributed by atoms with Crippen LogP contribution in [0.15, 0.2) is 18.2 Å². The lowest BCUT2D eigenvalue weighted by Gasteiger charge is -2.12. The molecule has 1 atom stereocenters. The molecule has 0 bridgehead atoms. The second-order valence-corrected chi connectivity index (χ2v) is 5.19. The highest BCUT2D eigenvalue weighted by Crippen LogP contribution is 2.22. The maximum atomic E-state index is 13.3. The lowest BCUT2D eigenvalue weighted by molar-refractivity contribution is 0.198. The van der Waals surface area contributed by atoms with Crippen LogP contribution in [0.1, 0.15) is 25.5 Å². The SMILES string of the molecule is CC(C)CSCC(O)c1cc(F)ccc1F. The predicted molar refractivity (Wildman–Crippen MR) is 63.5 cm³/mol. The number of benzene rings is 1. The Kier molecular flexibility index (Phi) is 5.22. The van der Waals surface area contributed by atoms with Crippen molar-refractivity contribution in [3.05, 3.63) is 35.4 Å². The average Bonchev–Trinajstić information content (AvgIpc) is 2.21. The Labute approximate surface area is 98.9 Å². The maximum absolute atomic E-state index is 13.3. The molecule has 0 heterocycles. The summed E-state index contributed by atoms with van der Waals surface area (Å²) in [4.78, 5) is 0. The number of hydrogen-bond acceptors (Lipinski definition) is 2. The minimum absolute atomic E-state index is 0.0382. The predicted octanol–water partition coefficient (Wildman–Crippen LogP) is 3.39. The van der Waals surface area contributed by atoms with Crippen LogP contribution in [0.3, 0.4) is 0 Å². The van der Waals surface area contributed by atoms with E-state index in [1.807, 2.05) is 0 Å². The number of halogens is 2. The zero-order valence-corrected chi connectivity index (χ0v) is 10.2. The van der Waals surface area contributed by atoms with E-state index >= 15 is 0 Å². The molecule has 16 heavy (non-hydrogen) atoms. The largest absolute Gasteiger partial charge is 0.387 e. The van der Waals surface area contributed by atoms with E-state index in [4.69, 9.17) is 0 Å². The van der Waals surface area contributed by atoms with E-state index in [1.54, 1.807) is 0 Å². The molecule has 0 aliphatic carbocycles. The topological polar surface area (TPSA) is 20.2 Å². The van der Waals surface area contributed by atoms with Gasteiger partial charge in [-0.2, -0.15) is 11.8 Å². The van der Waals surface area contributed by atoms with Crippen molar-refractivity contribution in [2.45, 2.75) is 20.0 Å². The summed E-state index contributed by atoms with van der Waals surface area (Å²) in [5.41, 5.74) is 0.0382. The molecule has 4 heteroatoms. The molecular weight excluding hydrogens is 230 g/mol. The van der Waals surface area contributed by atoms with Crippen molar-refractivity contribution in [2.75, 3.05) is 11.5 Å². The van der Waals surface area contributed by atoms with Crippen molar-refractivity contribution in [1.82, 2.24) is 0 Å². The van der Waals surface area contributed by atoms with Crippen LogP contribution < -0.4 is 0 Å². The third-order valence-corrected chi connectivity index (χ3v) is 3.50. The van der Waals surface area contributed by atoms with Gasteiger partial charge in [0.1, 0.15) is 11.6 Å². The van der Waals surface area contributed by atoms with E-state index in [2.05, 4.69) is 13.8 Å². The first-order chi connectivity index (χ1) is 7.50. The van der Waals surface area contributed by atoms with Gasteiger partial charge in [-0.15, -0.1) is 0 Å². The second kappa shape index (κ2) is 6.21. The minimum atomic E-state index is -0.945. The van der Waals surface area contributed by atoms with E-state index in [-0.39, 0.29) is 5.56 Å². The zero-order valence-electron chi connectivity index (χ0n) is 9.41. The van der Waals surface area contributed by atoms with E-state index in [0.717, 1.165) is 24.0 Å². The highest BCUT2D eigenvalue weighted by molar-refractivity contribution is 7.99. The quantitative estimate of drug-likeness (QED) is 0.859. The lowest BCUT2D eigenvalue weighted by Crippen LogP contribution is -2.05. The van der Waals surface area contributed by atoms with Gasteiger partial charge in [0.25, 0.3) is 0 Å². The molecule has 0 saturated carbocycles. The van der Waals surface area contributed by atoms with Crippen LogP contribution in [0, 0.1) is 17.6 Å². The first kappa shape index (κ1) is 13.5. The van der Waals surface area contributed by atoms with Gasteiger partial charge in [-0.05, 0) is 29.9 Å². The van der Waals surface area contributed by atoms with Crippen molar-refractivity contribution in [1.29, 1.82) is 0 Å². The molecule has 0 amide bonds. The molecule has 1 rings (SSSR count). The maximum Gasteiger partial charge on any atom is 0.129 e. The fraction of sp³-hybridized carbons (Fsp3) is 0.500. The molecule has 0 aliphatic rings. The van der Waals surface area contributed by atoms with Crippen LogP contribution in [-0.2, 0) is 0 Å². The van der Waals surface area contributed by atoms with Gasteiger partial charge >= 0.3 is 0 Å². The normalized spacial score (nSPS) is 13.1. The third-order valence-electron chi connectivity index (χ3n) is 2.04. The third kappa shape index (κ3) is 4.10. The Morgan fingerprint density at radius 3 is 2.56 bits per heavy atom. The molecule has 1 unspecified atom stereocenters. The summed E-state index contributed by atoms with van der Waals surface area (Å²) < 4.78 is 26.1. The molecule has 0 fully saturated rings. The van der Waals surface area contributed by atoms with E-state index in [1.165, 1.54) is 11.8 Å². The molecule has 1 N–H and O–H groups in total. The fourth-order valence-electron chi connectivity index (χ4n) is 1.28. The Morgan fingerprint density at radius 1 is 1.25 bits per heavy atom. The molecular formula is C12H16F2OS. The number of thioether (sulfide) groups is 1. The van der Waals surface area contributed by atoms with Crippen molar-refractivity contribution < 1.29 is 13.9 Å². The van der Waals surface area contributed by atoms with Crippen LogP contribution in [0.2, 0.25) is 0 Å². The highest BCUT2D eigenvalue weighted by Gasteiger charge is 2.13. The average molecular weight is 246 g/mol. The Hall–Kier alpha value is -0.610. The first-order valence-corrected chi connectivity index (χ1v) is 6.37. The fourth-order valence-corrected chi connectivity index (χ4v) is 2.29. The molecule has 0 saturated heterocycles. The molecule has 1 aromatic rings. The van der Waals surface area contributed by atoms with Crippen LogP contribution in [0.4, 0.5) is 8.78 Å². The van der Waals surface area contributed by atoms with Gasteiger partial charge in [0.15, 0.2) is 0 Å². The van der Waals surface area contributed by atoms with Crippen LogP contribution in [0.5, 0.6) is 0 Å². The number of aliphatic hydroxyl groups excluding tert-OH is 1. The smallest absolute Gasteiger partial charge is 0.129 e. The van der Waals surface area contributed by atoms with Crippen molar-refractivity contribution in [2.24, 2.45) is 5.92 Å². The monoisotopic (exact) mass is 246 g/mol. The van der Waals surface area contributed by atoms with E-state index < -0.39 is 17.7 Å². The number of hydrogen-bond donors (Lipinski definition) is 1. The molecule has 0 aliphatic heterocycles. The summed E-state index contributed by atoms with van der Waals surface area (Å²) in [5.74, 6) is 0.727. The summed E-state index contributed by atoms with van der Waals surface area (Å²) in [7, 11) is 0. The Bertz CT molecular complexity index is 342. The summed E-state index contributed by atoms with van der Waals surface area (Å²) in [6.07, 6.45) is -0.945. The van der Waals surface area contributed by atoms with Crippen LogP contribution >= 0.6 is 11.8 Å². The summed E-state index contributed by atoms with van der Waals surface area (Å²) in [5, 5.41) is 9.71. The van der Waals surface area contributed by atoms with E-state index in [0.29, 0.717) is 11.7 Å². The zero-order chi connectivity index (χ0) is 12.1. The van der Waals surface area contributed by atoms with Crippen LogP contribution in [-0.4, -0.2) is 16.6 Å². The molecule has 0 radical (unpaired) electrons. The standard InChI is InChI=1S/C12H16F2OS/c1-8(2)6-16-7-12(15)10-5-9(13)3-4-11(10)14/h3-5,8,12,15H,6-7H2,1-2H3. The molecule has 1 aromatic carbocycles. The summed E-state index contributed by atoms with van der Waals surface area (Å²) in [6, 6.07) is 3.14. The van der Waals surface area contributed by atoms with Crippen molar-refractivity contribution in [3.63, 3.8) is 0 Å². The van der Waals surface area contributed by atoms with Gasteiger partial charge in [-0.1, -0.05) is 13.8 Å². The lowest BCUT2D eigenvalue weighted by atomic mass is 10.1. The van der Waals surface area contributed by atoms with E-state index in [9.17, 15) is 13.9 Å². The van der Waals surface area contributed by atoms with Gasteiger partial charge in [-0.3, -0.25) is 0 Å². The van der Waals surface area contributed by atoms with Gasteiger partial charge in [-0.25, -0.2) is 8.78 Å².